The molecular formula is C18H37N3. The molecule has 2 fully saturated rings. The second-order valence-electron chi connectivity index (χ2n) is 7.50. The van der Waals surface area contributed by atoms with Crippen LogP contribution in [0.4, 0.5) is 0 Å². The first-order valence-electron chi connectivity index (χ1n) is 9.32. The van der Waals surface area contributed by atoms with Gasteiger partial charge in [0.05, 0.1) is 0 Å². The Balaban J connectivity index is 1.79. The SMILES string of the molecule is CCCC1CCC(N)C(CN(C)C2CCN(CC)CC2)C1. The minimum Gasteiger partial charge on any atom is -0.327 e. The van der Waals surface area contributed by atoms with E-state index in [1.54, 1.807) is 0 Å². The Labute approximate surface area is 132 Å². The van der Waals surface area contributed by atoms with Crippen molar-refractivity contribution >= 4 is 0 Å². The number of hydrogen-bond acceptors (Lipinski definition) is 3. The van der Waals surface area contributed by atoms with E-state index < -0.39 is 0 Å². The van der Waals surface area contributed by atoms with Crippen molar-refractivity contribution in [2.45, 2.75) is 70.9 Å². The van der Waals surface area contributed by atoms with Gasteiger partial charge in [-0.1, -0.05) is 26.7 Å². The molecule has 0 aromatic carbocycles. The van der Waals surface area contributed by atoms with Crippen LogP contribution in [0.15, 0.2) is 0 Å². The predicted octanol–water partition coefficient (Wildman–Crippen LogP) is 2.95. The Bertz CT molecular complexity index is 286. The number of nitrogens with zero attached hydrogens (tertiary/aromatic N) is 2. The van der Waals surface area contributed by atoms with E-state index in [0.717, 1.165) is 17.9 Å². The lowest BCUT2D eigenvalue weighted by Gasteiger charge is -2.41. The first kappa shape index (κ1) is 17.2. The zero-order chi connectivity index (χ0) is 15.2. The van der Waals surface area contributed by atoms with Gasteiger partial charge >= 0.3 is 0 Å². The van der Waals surface area contributed by atoms with Crippen LogP contribution in [0.2, 0.25) is 0 Å². The molecular weight excluding hydrogens is 258 g/mol. The molecule has 0 bridgehead atoms. The summed E-state index contributed by atoms with van der Waals surface area (Å²) in [5, 5.41) is 0. The Morgan fingerprint density at radius 2 is 1.81 bits per heavy atom. The van der Waals surface area contributed by atoms with Gasteiger partial charge in [-0.2, -0.15) is 0 Å². The summed E-state index contributed by atoms with van der Waals surface area (Å²) in [6.07, 6.45) is 9.39. The lowest BCUT2D eigenvalue weighted by atomic mass is 9.76. The molecule has 3 heteroatoms. The van der Waals surface area contributed by atoms with Gasteiger partial charge in [0, 0.05) is 18.6 Å². The van der Waals surface area contributed by atoms with Gasteiger partial charge in [-0.05, 0) is 70.6 Å². The average Bonchev–Trinajstić information content (AvgIpc) is 2.51. The van der Waals surface area contributed by atoms with Gasteiger partial charge in [0.2, 0.25) is 0 Å². The van der Waals surface area contributed by atoms with Gasteiger partial charge < -0.3 is 15.5 Å². The maximum atomic E-state index is 6.42. The van der Waals surface area contributed by atoms with Crippen LogP contribution in [0.3, 0.4) is 0 Å². The maximum absolute atomic E-state index is 6.42. The van der Waals surface area contributed by atoms with Crippen molar-refractivity contribution in [3.05, 3.63) is 0 Å². The van der Waals surface area contributed by atoms with Crippen molar-refractivity contribution in [2.24, 2.45) is 17.6 Å². The Hall–Kier alpha value is -0.120. The Morgan fingerprint density at radius 1 is 1.10 bits per heavy atom. The molecule has 1 aliphatic heterocycles. The van der Waals surface area contributed by atoms with Crippen LogP contribution in [0.1, 0.15) is 58.8 Å². The topological polar surface area (TPSA) is 32.5 Å². The van der Waals surface area contributed by atoms with Crippen LogP contribution >= 0.6 is 0 Å². The van der Waals surface area contributed by atoms with E-state index in [4.69, 9.17) is 5.73 Å². The van der Waals surface area contributed by atoms with Crippen LogP contribution in [0.5, 0.6) is 0 Å². The smallest absolute Gasteiger partial charge is 0.0117 e. The zero-order valence-electron chi connectivity index (χ0n) is 14.6. The predicted molar refractivity (Wildman–Crippen MR) is 91.5 cm³/mol. The van der Waals surface area contributed by atoms with Crippen molar-refractivity contribution in [3.63, 3.8) is 0 Å². The van der Waals surface area contributed by atoms with Crippen LogP contribution < -0.4 is 5.73 Å². The van der Waals surface area contributed by atoms with Crippen LogP contribution in [0.25, 0.3) is 0 Å². The average molecular weight is 296 g/mol. The van der Waals surface area contributed by atoms with E-state index in [0.29, 0.717) is 6.04 Å². The third kappa shape index (κ3) is 4.94. The summed E-state index contributed by atoms with van der Waals surface area (Å²) in [7, 11) is 2.34. The second-order valence-corrected chi connectivity index (χ2v) is 7.50. The molecule has 1 heterocycles. The normalized spacial score (nSPS) is 32.7. The standard InChI is InChI=1S/C18H37N3/c1-4-6-15-7-8-18(19)16(13-15)14-20(3)17-9-11-21(5-2)12-10-17/h15-18H,4-14,19H2,1-3H3. The first-order chi connectivity index (χ1) is 10.1. The highest BCUT2D eigenvalue weighted by Gasteiger charge is 2.30. The number of piperidine rings is 1. The van der Waals surface area contributed by atoms with Crippen molar-refractivity contribution in [3.8, 4) is 0 Å². The Kier molecular flexibility index (Phi) is 6.97. The van der Waals surface area contributed by atoms with Crippen LogP contribution in [0, 0.1) is 11.8 Å². The van der Waals surface area contributed by atoms with E-state index in [-0.39, 0.29) is 0 Å². The molecule has 0 aromatic rings. The molecule has 1 saturated heterocycles. The first-order valence-corrected chi connectivity index (χ1v) is 9.32. The molecule has 0 spiro atoms. The molecule has 3 unspecified atom stereocenters. The molecule has 21 heavy (non-hydrogen) atoms. The molecule has 3 atom stereocenters. The number of rotatable bonds is 6. The molecule has 2 N–H and O–H groups in total. The third-order valence-corrected chi connectivity index (χ3v) is 6.00. The fourth-order valence-corrected chi connectivity index (χ4v) is 4.46. The summed E-state index contributed by atoms with van der Waals surface area (Å²) in [6.45, 7) is 9.58. The van der Waals surface area contributed by atoms with Gasteiger partial charge in [-0.25, -0.2) is 0 Å². The fraction of sp³-hybridized carbons (Fsp3) is 1.00. The molecule has 1 saturated carbocycles. The van der Waals surface area contributed by atoms with E-state index in [1.165, 1.54) is 71.1 Å². The summed E-state index contributed by atoms with van der Waals surface area (Å²) in [4.78, 5) is 5.21. The minimum atomic E-state index is 0.441. The summed E-state index contributed by atoms with van der Waals surface area (Å²) < 4.78 is 0. The van der Waals surface area contributed by atoms with Gasteiger partial charge in [-0.3, -0.25) is 0 Å². The Morgan fingerprint density at radius 3 is 2.43 bits per heavy atom. The number of likely N-dealkylation sites (tertiary alicyclic amines) is 1. The molecule has 2 rings (SSSR count). The van der Waals surface area contributed by atoms with Crippen molar-refractivity contribution < 1.29 is 0 Å². The molecule has 0 amide bonds. The minimum absolute atomic E-state index is 0.441. The summed E-state index contributed by atoms with van der Waals surface area (Å²) in [5.74, 6) is 1.67. The lowest BCUT2D eigenvalue weighted by Crippen LogP contribution is -2.48. The van der Waals surface area contributed by atoms with Gasteiger partial charge in [-0.15, -0.1) is 0 Å². The molecule has 3 nitrogen and oxygen atoms in total. The summed E-state index contributed by atoms with van der Waals surface area (Å²) in [6, 6.07) is 1.22. The van der Waals surface area contributed by atoms with E-state index in [9.17, 15) is 0 Å². The number of hydrogen-bond donors (Lipinski definition) is 1. The molecule has 1 aliphatic carbocycles. The molecule has 124 valence electrons. The fourth-order valence-electron chi connectivity index (χ4n) is 4.46. The van der Waals surface area contributed by atoms with Crippen LogP contribution in [-0.2, 0) is 0 Å². The second kappa shape index (κ2) is 8.50. The highest BCUT2D eigenvalue weighted by molar-refractivity contribution is 4.86. The van der Waals surface area contributed by atoms with Gasteiger partial charge in [0.15, 0.2) is 0 Å². The van der Waals surface area contributed by atoms with Crippen LogP contribution in [-0.4, -0.2) is 55.1 Å². The lowest BCUT2D eigenvalue weighted by molar-refractivity contribution is 0.0963. The van der Waals surface area contributed by atoms with E-state index in [2.05, 4.69) is 30.7 Å². The summed E-state index contributed by atoms with van der Waals surface area (Å²) in [5.41, 5.74) is 6.42. The molecule has 0 radical (unpaired) electrons. The van der Waals surface area contributed by atoms with Crippen molar-refractivity contribution in [2.75, 3.05) is 33.2 Å². The monoisotopic (exact) mass is 295 g/mol. The zero-order valence-corrected chi connectivity index (χ0v) is 14.6. The largest absolute Gasteiger partial charge is 0.327 e. The van der Waals surface area contributed by atoms with Crippen molar-refractivity contribution in [1.82, 2.24) is 9.80 Å². The van der Waals surface area contributed by atoms with Crippen molar-refractivity contribution in [1.29, 1.82) is 0 Å². The highest BCUT2D eigenvalue weighted by Crippen LogP contribution is 2.32. The van der Waals surface area contributed by atoms with Gasteiger partial charge in [0.25, 0.3) is 0 Å². The quantitative estimate of drug-likeness (QED) is 0.818. The van der Waals surface area contributed by atoms with Gasteiger partial charge in [0.1, 0.15) is 0 Å². The highest BCUT2D eigenvalue weighted by atomic mass is 15.2. The molecule has 2 aliphatic rings. The molecule has 0 aromatic heterocycles. The summed E-state index contributed by atoms with van der Waals surface area (Å²) >= 11 is 0. The van der Waals surface area contributed by atoms with E-state index >= 15 is 0 Å². The number of nitrogens with two attached hydrogens (primary N) is 1. The maximum Gasteiger partial charge on any atom is 0.0117 e. The third-order valence-electron chi connectivity index (χ3n) is 6.00. The van der Waals surface area contributed by atoms with E-state index in [1.807, 2.05) is 0 Å².